The number of fused-ring (bicyclic) bond motifs is 3. The second kappa shape index (κ2) is 28.0. The second-order valence-corrected chi connectivity index (χ2v) is 26.5. The first-order chi connectivity index (χ1) is 38.5. The van der Waals surface area contributed by atoms with Crippen molar-refractivity contribution in [2.45, 2.75) is 46.4 Å². The van der Waals surface area contributed by atoms with Crippen molar-refractivity contribution < 1.29 is 45.9 Å². The highest BCUT2D eigenvalue weighted by atomic mass is 35.5. The molecule has 3 atom stereocenters. The Bertz CT molecular complexity index is 3760. The molecule has 81 heavy (non-hydrogen) atoms. The van der Waals surface area contributed by atoms with Gasteiger partial charge in [-0.05, 0) is 47.9 Å². The summed E-state index contributed by atoms with van der Waals surface area (Å²) in [6.45, 7) is 8.87. The van der Waals surface area contributed by atoms with E-state index in [2.05, 4.69) is 44.9 Å². The van der Waals surface area contributed by atoms with E-state index in [0.29, 0.717) is 47.2 Å². The molecule has 0 aliphatic rings. The molecule has 0 amide bonds. The summed E-state index contributed by atoms with van der Waals surface area (Å²) < 4.78 is 88.2. The first-order valence-corrected chi connectivity index (χ1v) is 31.7. The number of benzene rings is 3. The minimum Gasteiger partial charge on any atom is -0.370 e. The Balaban J connectivity index is 0.000000175. The fourth-order valence-corrected chi connectivity index (χ4v) is 10.4. The lowest BCUT2D eigenvalue weighted by Crippen LogP contribution is -2.13. The minimum atomic E-state index is -3.00. The van der Waals surface area contributed by atoms with E-state index in [-0.39, 0.29) is 104 Å². The highest BCUT2D eigenvalue weighted by molar-refractivity contribution is 7.58. The maximum absolute atomic E-state index is 13.1. The van der Waals surface area contributed by atoms with Crippen LogP contribution in [0.2, 0.25) is 5.02 Å². The van der Waals surface area contributed by atoms with Gasteiger partial charge in [-0.15, -0.1) is 0 Å². The Morgan fingerprint density at radius 1 is 0.531 bits per heavy atom. The Morgan fingerprint density at radius 3 is 1.26 bits per heavy atom. The normalized spacial score (nSPS) is 13.7. The predicted octanol–water partition coefficient (Wildman–Crippen LogP) is 6.50. The molecule has 432 valence electrons. The summed E-state index contributed by atoms with van der Waals surface area (Å²) in [5, 5.41) is 0.596. The van der Waals surface area contributed by atoms with Gasteiger partial charge in [-0.25, -0.2) is 19.3 Å². The second-order valence-electron chi connectivity index (χ2n) is 18.4. The number of nitrogens with zero attached hydrogens (tertiary/aromatic N) is 9. The smallest absolute Gasteiger partial charge is 0.280 e. The molecule has 0 spiro atoms. The molecule has 0 aliphatic carbocycles. The van der Waals surface area contributed by atoms with Gasteiger partial charge in [0.1, 0.15) is 24.9 Å². The summed E-state index contributed by atoms with van der Waals surface area (Å²) in [5.41, 5.74) is 20.7. The zero-order valence-corrected chi connectivity index (χ0v) is 47.8. The van der Waals surface area contributed by atoms with Crippen LogP contribution in [0.4, 0.5) is 22.2 Å². The molecule has 9 aromatic rings. The van der Waals surface area contributed by atoms with Crippen molar-refractivity contribution in [3.63, 3.8) is 0 Å². The lowest BCUT2D eigenvalue weighted by atomic mass is 10.2. The van der Waals surface area contributed by atoms with E-state index in [1.165, 1.54) is 44.4 Å². The van der Waals surface area contributed by atoms with Gasteiger partial charge in [0.15, 0.2) is 33.5 Å². The molecule has 0 saturated carbocycles. The highest BCUT2D eigenvalue weighted by Gasteiger charge is 2.20. The van der Waals surface area contributed by atoms with Crippen molar-refractivity contribution in [2.75, 3.05) is 76.1 Å². The number of H-pyrrole nitrogens is 3. The first kappa shape index (κ1) is 61.4. The number of nitrogens with one attached hydrogen (secondary N) is 3. The molecule has 0 fully saturated rings. The number of halogens is 2. The number of aromatic nitrogens is 12. The average molecular weight is 1200 g/mol. The molecule has 9 rings (SSSR count). The maximum Gasteiger partial charge on any atom is 0.280 e. The zero-order chi connectivity index (χ0) is 58.3. The number of aryl methyl sites for hydroxylation is 1. The van der Waals surface area contributed by atoms with Crippen molar-refractivity contribution in [1.29, 1.82) is 0 Å². The average Bonchev–Trinajstić information content (AvgIpc) is 4.14. The SMILES string of the molecule is CP(=O)(COCCn1cnc2c(=O)[nH]c(N)nc21)OCc1cccc(Cl)c1.CP(=O)(COCCn1cnc2c(=O)[nH]c(N)nc21)OCc1cccc(F)c1.Cc1ccc(COP(C)(=O)COCCn2cnc3c(=O)[nH]c(N)nc32)cc1. The van der Waals surface area contributed by atoms with Crippen molar-refractivity contribution >= 4 is 85.0 Å². The van der Waals surface area contributed by atoms with E-state index in [0.717, 1.165) is 16.7 Å². The monoisotopic (exact) mass is 1200 g/mol. The number of ether oxygens (including phenoxy) is 3. The van der Waals surface area contributed by atoms with Crippen LogP contribution in [0.1, 0.15) is 22.3 Å². The first-order valence-electron chi connectivity index (χ1n) is 24.5. The summed E-state index contributed by atoms with van der Waals surface area (Å²) in [4.78, 5) is 66.6. The van der Waals surface area contributed by atoms with E-state index in [1.807, 2.05) is 37.3 Å². The summed E-state index contributed by atoms with van der Waals surface area (Å²) in [5.74, 6) is -0.335. The van der Waals surface area contributed by atoms with Crippen LogP contribution in [0.25, 0.3) is 33.5 Å². The number of nitrogens with two attached hydrogens (primary N) is 3. The molecule has 3 aromatic carbocycles. The molecule has 0 radical (unpaired) electrons. The quantitative estimate of drug-likeness (QED) is 0.0277. The summed E-state index contributed by atoms with van der Waals surface area (Å²) in [6.07, 6.45) is 4.32. The van der Waals surface area contributed by atoms with Gasteiger partial charge in [0.2, 0.25) is 40.0 Å². The lowest BCUT2D eigenvalue weighted by molar-refractivity contribution is 0.153. The molecule has 6 aromatic heterocycles. The number of hydrogen-bond acceptors (Lipinski definition) is 21. The maximum atomic E-state index is 13.1. The molecule has 27 nitrogen and oxygen atoms in total. The van der Waals surface area contributed by atoms with Gasteiger partial charge < -0.3 is 58.7 Å². The van der Waals surface area contributed by atoms with Crippen molar-refractivity contribution in [1.82, 2.24) is 58.6 Å². The third-order valence-corrected chi connectivity index (χ3v) is 15.5. The van der Waals surface area contributed by atoms with Crippen LogP contribution in [0.5, 0.6) is 0 Å². The summed E-state index contributed by atoms with van der Waals surface area (Å²) >= 11 is 5.92. The number of hydrogen-bond donors (Lipinski definition) is 6. The van der Waals surface area contributed by atoms with Gasteiger partial charge in [0, 0.05) is 44.7 Å². The van der Waals surface area contributed by atoms with Crippen LogP contribution in [0.3, 0.4) is 0 Å². The van der Waals surface area contributed by atoms with E-state index in [1.54, 1.807) is 50.7 Å². The largest absolute Gasteiger partial charge is 0.370 e. The Hall–Kier alpha value is -7.22. The molecule has 0 bridgehead atoms. The van der Waals surface area contributed by atoms with Gasteiger partial charge in [0.25, 0.3) is 16.7 Å². The predicted molar refractivity (Wildman–Crippen MR) is 304 cm³/mol. The fraction of sp³-hybridized carbons (Fsp3) is 0.327. The van der Waals surface area contributed by atoms with E-state index >= 15 is 0 Å². The van der Waals surface area contributed by atoms with Gasteiger partial charge in [-0.1, -0.05) is 65.7 Å². The molecule has 0 saturated heterocycles. The van der Waals surface area contributed by atoms with Crippen molar-refractivity contribution in [2.24, 2.45) is 0 Å². The summed E-state index contributed by atoms with van der Waals surface area (Å²) in [7, 11) is -8.81. The lowest BCUT2D eigenvalue weighted by Gasteiger charge is -2.14. The molecular weight excluding hydrogens is 1140 g/mol. The minimum absolute atomic E-state index is 0.000948. The van der Waals surface area contributed by atoms with Crippen molar-refractivity contribution in [3.8, 4) is 0 Å². The number of nitrogen functional groups attached to an aromatic ring is 3. The van der Waals surface area contributed by atoms with Crippen LogP contribution < -0.4 is 33.9 Å². The van der Waals surface area contributed by atoms with E-state index in [4.69, 9.17) is 56.6 Å². The molecule has 32 heteroatoms. The summed E-state index contributed by atoms with van der Waals surface area (Å²) in [6, 6.07) is 20.9. The Labute approximate surface area is 466 Å². The topological polar surface area (TPSA) is 375 Å². The van der Waals surface area contributed by atoms with Gasteiger partial charge in [-0.3, -0.25) is 43.0 Å². The molecular formula is C49H60ClFN15O12P3. The fourth-order valence-electron chi connectivity index (χ4n) is 7.27. The molecule has 9 N–H and O–H groups in total. The van der Waals surface area contributed by atoms with Crippen molar-refractivity contribution in [3.05, 3.63) is 156 Å². The number of anilines is 3. The Morgan fingerprint density at radius 2 is 0.889 bits per heavy atom. The number of aromatic amines is 3. The van der Waals surface area contributed by atoms with Gasteiger partial charge >= 0.3 is 0 Å². The molecule has 6 heterocycles. The van der Waals surface area contributed by atoms with Crippen LogP contribution in [-0.4, -0.2) is 117 Å². The van der Waals surface area contributed by atoms with E-state index < -0.39 is 33.2 Å². The standard InChI is InChI=1S/C17H22N5O4P.C16H19ClN5O4P.C16H19FN5O4P/c1-12-3-5-13(6-4-12)9-26-27(2,24)11-25-8-7-22-10-19-14-15(22)20-17(18)21-16(14)23;2*1-27(24,26-8-11-3-2-4-12(17)7-11)10-25-6-5-22-9-19-13-14(22)20-16(18)21-15(13)23/h3-6,10H,7-9,11H2,1-2H3,(H3,18,20,21,23);2*2-4,7,9H,5-6,8,10H2,1H3,(H3,18,20,21,23). The van der Waals surface area contributed by atoms with E-state index in [9.17, 15) is 32.5 Å². The zero-order valence-electron chi connectivity index (χ0n) is 44.4. The number of imidazole rings is 3. The molecule has 0 aliphatic heterocycles. The van der Waals surface area contributed by atoms with Crippen LogP contribution >= 0.6 is 33.7 Å². The van der Waals surface area contributed by atoms with Crippen LogP contribution in [0.15, 0.2) is 106 Å². The van der Waals surface area contributed by atoms with Gasteiger partial charge in [0.05, 0.1) is 58.6 Å². The third-order valence-electron chi connectivity index (χ3n) is 11.3. The van der Waals surface area contributed by atoms with Crippen LogP contribution in [0, 0.1) is 12.7 Å². The van der Waals surface area contributed by atoms with Crippen LogP contribution in [-0.2, 0) is 80.9 Å². The number of rotatable bonds is 24. The Kier molecular flexibility index (Phi) is 21.2. The third kappa shape index (κ3) is 18.7. The van der Waals surface area contributed by atoms with Gasteiger partial charge in [-0.2, -0.15) is 15.0 Å². The highest BCUT2D eigenvalue weighted by Crippen LogP contribution is 2.45. The molecule has 3 unspecified atom stereocenters.